The molecule has 1 amide bonds. The predicted molar refractivity (Wildman–Crippen MR) is 129 cm³/mol. The van der Waals surface area contributed by atoms with E-state index in [2.05, 4.69) is 32.3 Å². The molecular formula is C26H31N5O4. The van der Waals surface area contributed by atoms with E-state index in [1.807, 2.05) is 43.0 Å². The van der Waals surface area contributed by atoms with E-state index in [9.17, 15) is 4.79 Å². The monoisotopic (exact) mass is 477 g/mol. The normalized spacial score (nSPS) is 19.0. The lowest BCUT2D eigenvalue weighted by molar-refractivity contribution is 0.0761. The standard InChI is InChI=1S/C26H31N5O4/c1-18-24(19(2)34-28-18)25-27-23(29-35-25)17-30-13-6-14-31(16-15-30)26(32)20-9-11-22(12-10-20)33-21-7-4-3-5-8-21/h4,7,9-12,21H,3,5-6,8,13-17H2,1-2H3. The summed E-state index contributed by atoms with van der Waals surface area (Å²) in [4.78, 5) is 21.8. The van der Waals surface area contributed by atoms with Gasteiger partial charge in [-0.05, 0) is 69.9 Å². The number of rotatable bonds is 6. The molecule has 3 heterocycles. The van der Waals surface area contributed by atoms with Crippen molar-refractivity contribution in [2.45, 2.75) is 52.2 Å². The number of carbonyl (C=O) groups excluding carboxylic acids is 1. The third-order valence-corrected chi connectivity index (χ3v) is 6.55. The fraction of sp³-hybridized carbons (Fsp3) is 0.462. The molecule has 1 aliphatic carbocycles. The van der Waals surface area contributed by atoms with Gasteiger partial charge in [0, 0.05) is 31.7 Å². The summed E-state index contributed by atoms with van der Waals surface area (Å²) >= 11 is 0. The zero-order valence-corrected chi connectivity index (χ0v) is 20.3. The number of amides is 1. The minimum atomic E-state index is 0.0521. The fourth-order valence-corrected chi connectivity index (χ4v) is 4.65. The van der Waals surface area contributed by atoms with Gasteiger partial charge in [-0.2, -0.15) is 4.98 Å². The Kier molecular flexibility index (Phi) is 6.94. The lowest BCUT2D eigenvalue weighted by Crippen LogP contribution is -2.35. The molecule has 0 radical (unpaired) electrons. The van der Waals surface area contributed by atoms with Gasteiger partial charge in [-0.25, -0.2) is 0 Å². The van der Waals surface area contributed by atoms with Crippen LogP contribution in [0.1, 0.15) is 53.3 Å². The van der Waals surface area contributed by atoms with Gasteiger partial charge in [-0.1, -0.05) is 16.4 Å². The first kappa shape index (κ1) is 23.3. The highest BCUT2D eigenvalue weighted by molar-refractivity contribution is 5.94. The first-order chi connectivity index (χ1) is 17.1. The number of aromatic nitrogens is 3. The summed E-state index contributed by atoms with van der Waals surface area (Å²) in [5.41, 5.74) is 2.17. The lowest BCUT2D eigenvalue weighted by atomic mass is 10.1. The molecule has 3 aromatic rings. The second kappa shape index (κ2) is 10.4. The zero-order chi connectivity index (χ0) is 24.2. The largest absolute Gasteiger partial charge is 0.486 e. The van der Waals surface area contributed by atoms with Crippen molar-refractivity contribution in [1.82, 2.24) is 25.1 Å². The number of benzene rings is 1. The van der Waals surface area contributed by atoms with E-state index in [4.69, 9.17) is 13.8 Å². The molecule has 1 saturated heterocycles. The van der Waals surface area contributed by atoms with Crippen molar-refractivity contribution in [3.8, 4) is 17.2 Å². The summed E-state index contributed by atoms with van der Waals surface area (Å²) in [5, 5.41) is 8.09. The maximum atomic E-state index is 13.1. The van der Waals surface area contributed by atoms with Gasteiger partial charge in [0.1, 0.15) is 23.2 Å². The molecule has 0 spiro atoms. The van der Waals surface area contributed by atoms with Crippen LogP contribution in [0.4, 0.5) is 0 Å². The van der Waals surface area contributed by atoms with Crippen molar-refractivity contribution in [1.29, 1.82) is 0 Å². The van der Waals surface area contributed by atoms with Crippen molar-refractivity contribution < 1.29 is 18.6 Å². The van der Waals surface area contributed by atoms with Crippen LogP contribution in [0.15, 0.2) is 45.5 Å². The molecule has 9 nitrogen and oxygen atoms in total. The minimum Gasteiger partial charge on any atom is -0.486 e. The molecular weight excluding hydrogens is 446 g/mol. The molecule has 1 aromatic carbocycles. The Morgan fingerprint density at radius 3 is 2.66 bits per heavy atom. The van der Waals surface area contributed by atoms with E-state index in [1.54, 1.807) is 0 Å². The molecule has 0 saturated carbocycles. The van der Waals surface area contributed by atoms with E-state index < -0.39 is 0 Å². The lowest BCUT2D eigenvalue weighted by Gasteiger charge is -2.22. The molecule has 2 aliphatic rings. The molecule has 9 heteroatoms. The van der Waals surface area contributed by atoms with Crippen LogP contribution < -0.4 is 4.74 Å². The molecule has 5 rings (SSSR count). The van der Waals surface area contributed by atoms with Gasteiger partial charge in [-0.3, -0.25) is 9.69 Å². The van der Waals surface area contributed by atoms with Gasteiger partial charge in [0.15, 0.2) is 5.82 Å². The molecule has 1 unspecified atom stereocenters. The SMILES string of the molecule is Cc1noc(C)c1-c1nc(CN2CCCN(C(=O)c3ccc(OC4C=CCCC4)cc3)CC2)no1. The Labute approximate surface area is 204 Å². The summed E-state index contributed by atoms with van der Waals surface area (Å²) in [6.07, 6.45) is 8.62. The van der Waals surface area contributed by atoms with E-state index in [-0.39, 0.29) is 12.0 Å². The van der Waals surface area contributed by atoms with Crippen molar-refractivity contribution >= 4 is 5.91 Å². The molecule has 0 bridgehead atoms. The van der Waals surface area contributed by atoms with Gasteiger partial charge in [0.2, 0.25) is 0 Å². The number of aryl methyl sites for hydroxylation is 2. The van der Waals surface area contributed by atoms with Gasteiger partial charge in [-0.15, -0.1) is 0 Å². The summed E-state index contributed by atoms with van der Waals surface area (Å²) in [7, 11) is 0. The smallest absolute Gasteiger partial charge is 0.263 e. The van der Waals surface area contributed by atoms with Crippen LogP contribution in [0, 0.1) is 13.8 Å². The van der Waals surface area contributed by atoms with E-state index in [0.717, 1.165) is 62.3 Å². The van der Waals surface area contributed by atoms with Crippen LogP contribution in [-0.4, -0.2) is 63.3 Å². The van der Waals surface area contributed by atoms with Crippen LogP contribution in [0.25, 0.3) is 11.5 Å². The highest BCUT2D eigenvalue weighted by atomic mass is 16.5. The summed E-state index contributed by atoms with van der Waals surface area (Å²) in [6.45, 7) is 7.22. The number of nitrogens with zero attached hydrogens (tertiary/aromatic N) is 5. The fourth-order valence-electron chi connectivity index (χ4n) is 4.65. The molecule has 0 N–H and O–H groups in total. The van der Waals surface area contributed by atoms with Crippen molar-refractivity contribution in [3.63, 3.8) is 0 Å². The molecule has 184 valence electrons. The summed E-state index contributed by atoms with van der Waals surface area (Å²) in [6, 6.07) is 7.52. The first-order valence-electron chi connectivity index (χ1n) is 12.3. The maximum Gasteiger partial charge on any atom is 0.263 e. The first-order valence-corrected chi connectivity index (χ1v) is 12.3. The second-order valence-electron chi connectivity index (χ2n) is 9.18. The Bertz CT molecular complexity index is 1160. The molecule has 1 atom stereocenters. The van der Waals surface area contributed by atoms with E-state index in [1.165, 1.54) is 0 Å². The number of hydrogen-bond acceptors (Lipinski definition) is 8. The Hall–Kier alpha value is -3.46. The highest BCUT2D eigenvalue weighted by Gasteiger charge is 2.23. The van der Waals surface area contributed by atoms with Crippen LogP contribution in [0.3, 0.4) is 0 Å². The molecule has 1 fully saturated rings. The predicted octanol–water partition coefficient (Wildman–Crippen LogP) is 4.18. The maximum absolute atomic E-state index is 13.1. The van der Waals surface area contributed by atoms with E-state index in [0.29, 0.717) is 36.1 Å². The minimum absolute atomic E-state index is 0.0521. The Balaban J connectivity index is 1.16. The average molecular weight is 478 g/mol. The van der Waals surface area contributed by atoms with Gasteiger partial charge in [0.05, 0.1) is 12.2 Å². The molecule has 1 aliphatic heterocycles. The number of carbonyl (C=O) groups is 1. The number of allylic oxidation sites excluding steroid dienone is 1. The Morgan fingerprint density at radius 2 is 1.91 bits per heavy atom. The Morgan fingerprint density at radius 1 is 1.06 bits per heavy atom. The van der Waals surface area contributed by atoms with Crippen LogP contribution >= 0.6 is 0 Å². The van der Waals surface area contributed by atoms with Crippen molar-refractivity contribution in [3.05, 3.63) is 59.3 Å². The number of ether oxygens (including phenoxy) is 1. The average Bonchev–Trinajstić information content (AvgIpc) is 3.37. The van der Waals surface area contributed by atoms with Crippen LogP contribution in [0.2, 0.25) is 0 Å². The summed E-state index contributed by atoms with van der Waals surface area (Å²) in [5.74, 6) is 2.55. The van der Waals surface area contributed by atoms with Gasteiger partial charge >= 0.3 is 0 Å². The van der Waals surface area contributed by atoms with Gasteiger partial charge in [0.25, 0.3) is 11.8 Å². The number of hydrogen-bond donors (Lipinski definition) is 0. The van der Waals surface area contributed by atoms with E-state index >= 15 is 0 Å². The topological polar surface area (TPSA) is 97.7 Å². The third-order valence-electron chi connectivity index (χ3n) is 6.55. The highest BCUT2D eigenvalue weighted by Crippen LogP contribution is 2.25. The second-order valence-corrected chi connectivity index (χ2v) is 9.18. The summed E-state index contributed by atoms with van der Waals surface area (Å²) < 4.78 is 16.7. The quantitative estimate of drug-likeness (QED) is 0.488. The molecule has 35 heavy (non-hydrogen) atoms. The molecule has 2 aromatic heterocycles. The zero-order valence-electron chi connectivity index (χ0n) is 20.3. The van der Waals surface area contributed by atoms with Gasteiger partial charge < -0.3 is 18.7 Å². The van der Waals surface area contributed by atoms with Crippen molar-refractivity contribution in [2.75, 3.05) is 26.2 Å². The van der Waals surface area contributed by atoms with Crippen LogP contribution in [0.5, 0.6) is 5.75 Å². The van der Waals surface area contributed by atoms with Crippen molar-refractivity contribution in [2.24, 2.45) is 0 Å². The third kappa shape index (κ3) is 5.45. The van der Waals surface area contributed by atoms with Crippen LogP contribution in [-0.2, 0) is 6.54 Å².